The Morgan fingerprint density at radius 2 is 2.00 bits per heavy atom. The average molecular weight is 272 g/mol. The number of aliphatic hydroxyl groups excluding tert-OH is 1. The summed E-state index contributed by atoms with van der Waals surface area (Å²) in [6.07, 6.45) is 3.23. The highest BCUT2D eigenvalue weighted by Crippen LogP contribution is 1.88. The van der Waals surface area contributed by atoms with Crippen molar-refractivity contribution in [3.63, 3.8) is 0 Å². The fourth-order valence-electron chi connectivity index (χ4n) is 0.736. The standard InChI is InChI=1S/C9H17NO2.C4H7NO2/c1-4-5-6-12-7-10-9(11)8(2)3;1-2-4(7)5-3-6/h2,4-7H2,1,3H3,(H,10,11);2,6H,1,3H2,(H,5,7). The molecule has 0 atom stereocenters. The number of carbonyl (C=O) groups excluding carboxylic acids is 2. The van der Waals surface area contributed by atoms with Gasteiger partial charge in [0.1, 0.15) is 13.5 Å². The molecule has 19 heavy (non-hydrogen) atoms. The molecule has 0 radical (unpaired) electrons. The molecule has 0 aliphatic carbocycles. The number of nitrogens with one attached hydrogen (secondary N) is 2. The minimum atomic E-state index is -0.359. The van der Waals surface area contributed by atoms with Crippen molar-refractivity contribution in [2.75, 3.05) is 20.1 Å². The molecule has 0 bridgehead atoms. The van der Waals surface area contributed by atoms with E-state index in [4.69, 9.17) is 9.84 Å². The molecule has 110 valence electrons. The third-order valence-corrected chi connectivity index (χ3v) is 1.80. The molecule has 0 unspecified atom stereocenters. The topological polar surface area (TPSA) is 87.7 Å². The minimum Gasteiger partial charge on any atom is -0.376 e. The molecule has 3 N–H and O–H groups in total. The summed E-state index contributed by atoms with van der Waals surface area (Å²) < 4.78 is 5.12. The van der Waals surface area contributed by atoms with Gasteiger partial charge >= 0.3 is 0 Å². The van der Waals surface area contributed by atoms with Crippen molar-refractivity contribution < 1.29 is 19.4 Å². The summed E-state index contributed by atoms with van der Waals surface area (Å²) in [6, 6.07) is 0. The number of hydrogen-bond acceptors (Lipinski definition) is 4. The fourth-order valence-corrected chi connectivity index (χ4v) is 0.736. The summed E-state index contributed by atoms with van der Waals surface area (Å²) in [5.41, 5.74) is 0.508. The second-order valence-electron chi connectivity index (χ2n) is 3.60. The number of aliphatic hydroxyl groups is 1. The van der Waals surface area contributed by atoms with Crippen molar-refractivity contribution >= 4 is 11.8 Å². The third-order valence-electron chi connectivity index (χ3n) is 1.80. The molecule has 6 nitrogen and oxygen atoms in total. The lowest BCUT2D eigenvalue weighted by atomic mass is 10.3. The monoisotopic (exact) mass is 272 g/mol. The van der Waals surface area contributed by atoms with E-state index in [1.807, 2.05) is 0 Å². The van der Waals surface area contributed by atoms with Gasteiger partial charge in [0.25, 0.3) is 0 Å². The fraction of sp³-hybridized carbons (Fsp3) is 0.538. The van der Waals surface area contributed by atoms with Gasteiger partial charge in [-0.2, -0.15) is 0 Å². The summed E-state index contributed by atoms with van der Waals surface area (Å²) in [5, 5.41) is 12.7. The molecule has 0 aromatic carbocycles. The Morgan fingerprint density at radius 3 is 2.37 bits per heavy atom. The number of ether oxygens (including phenoxy) is 1. The summed E-state index contributed by atoms with van der Waals surface area (Å²) in [6.45, 7) is 11.1. The highest BCUT2D eigenvalue weighted by atomic mass is 16.5. The molecular formula is C13H24N2O4. The first-order chi connectivity index (χ1) is 8.99. The highest BCUT2D eigenvalue weighted by molar-refractivity contribution is 5.91. The van der Waals surface area contributed by atoms with Gasteiger partial charge < -0.3 is 20.5 Å². The van der Waals surface area contributed by atoms with Crippen LogP contribution in [0.3, 0.4) is 0 Å². The predicted octanol–water partition coefficient (Wildman–Crippen LogP) is 0.691. The molecule has 0 aliphatic rings. The second kappa shape index (κ2) is 14.4. The van der Waals surface area contributed by atoms with Crippen molar-refractivity contribution in [1.82, 2.24) is 10.6 Å². The van der Waals surface area contributed by atoms with Gasteiger partial charge in [-0.05, 0) is 19.4 Å². The minimum absolute atomic E-state index is 0.147. The van der Waals surface area contributed by atoms with E-state index in [1.54, 1.807) is 6.92 Å². The zero-order valence-electron chi connectivity index (χ0n) is 11.7. The van der Waals surface area contributed by atoms with Crippen LogP contribution in [0.4, 0.5) is 0 Å². The van der Waals surface area contributed by atoms with E-state index in [0.29, 0.717) is 12.2 Å². The van der Waals surface area contributed by atoms with Gasteiger partial charge in [0.15, 0.2) is 0 Å². The van der Waals surface area contributed by atoms with Gasteiger partial charge in [0.2, 0.25) is 11.8 Å². The number of amides is 2. The first-order valence-corrected chi connectivity index (χ1v) is 6.02. The van der Waals surface area contributed by atoms with Crippen molar-refractivity contribution in [3.8, 4) is 0 Å². The van der Waals surface area contributed by atoms with Crippen LogP contribution in [0, 0.1) is 0 Å². The van der Waals surface area contributed by atoms with Crippen LogP contribution in [0.5, 0.6) is 0 Å². The van der Waals surface area contributed by atoms with E-state index < -0.39 is 0 Å². The molecular weight excluding hydrogens is 248 g/mol. The molecule has 0 heterocycles. The smallest absolute Gasteiger partial charge is 0.248 e. The SMILES string of the molecule is C=C(C)C(=O)NCOCCCC.C=CC(=O)NCO. The van der Waals surface area contributed by atoms with Gasteiger partial charge in [-0.1, -0.05) is 26.5 Å². The molecule has 0 saturated carbocycles. The van der Waals surface area contributed by atoms with Crippen LogP contribution in [-0.4, -0.2) is 37.0 Å². The lowest BCUT2D eigenvalue weighted by Crippen LogP contribution is -2.26. The zero-order valence-corrected chi connectivity index (χ0v) is 11.7. The first kappa shape index (κ1) is 19.7. The lowest BCUT2D eigenvalue weighted by molar-refractivity contribution is -0.119. The molecule has 0 fully saturated rings. The highest BCUT2D eigenvalue weighted by Gasteiger charge is 1.98. The lowest BCUT2D eigenvalue weighted by Gasteiger charge is -2.04. The summed E-state index contributed by atoms with van der Waals surface area (Å²) in [4.78, 5) is 20.9. The average Bonchev–Trinajstić information content (AvgIpc) is 2.39. The predicted molar refractivity (Wildman–Crippen MR) is 74.1 cm³/mol. The van der Waals surface area contributed by atoms with Gasteiger partial charge in [-0.25, -0.2) is 0 Å². The maximum Gasteiger partial charge on any atom is 0.248 e. The van der Waals surface area contributed by atoms with Crippen molar-refractivity contribution in [3.05, 3.63) is 24.8 Å². The van der Waals surface area contributed by atoms with Gasteiger partial charge in [0, 0.05) is 12.2 Å². The molecule has 0 saturated heterocycles. The normalized spacial score (nSPS) is 8.79. The Hall–Kier alpha value is -1.66. The van der Waals surface area contributed by atoms with Gasteiger partial charge in [-0.3, -0.25) is 9.59 Å². The van der Waals surface area contributed by atoms with E-state index in [2.05, 4.69) is 30.7 Å². The van der Waals surface area contributed by atoms with E-state index in [1.165, 1.54) is 0 Å². The summed E-state index contributed by atoms with van der Waals surface area (Å²) in [7, 11) is 0. The Balaban J connectivity index is 0. The van der Waals surface area contributed by atoms with E-state index in [-0.39, 0.29) is 25.3 Å². The Morgan fingerprint density at radius 1 is 1.37 bits per heavy atom. The number of unbranched alkanes of at least 4 members (excludes halogenated alkanes) is 1. The van der Waals surface area contributed by atoms with Crippen LogP contribution in [-0.2, 0) is 14.3 Å². The number of rotatable bonds is 8. The molecule has 0 aromatic heterocycles. The maximum absolute atomic E-state index is 10.9. The molecule has 0 rings (SSSR count). The molecule has 0 aromatic rings. The zero-order chi connectivity index (χ0) is 15.1. The Labute approximate surface area is 114 Å². The Bertz CT molecular complexity index is 290. The maximum atomic E-state index is 10.9. The van der Waals surface area contributed by atoms with Crippen molar-refractivity contribution in [2.45, 2.75) is 26.7 Å². The first-order valence-electron chi connectivity index (χ1n) is 6.02. The van der Waals surface area contributed by atoms with Gasteiger partial charge in [-0.15, -0.1) is 0 Å². The summed E-state index contributed by atoms with van der Waals surface area (Å²) in [5.74, 6) is -0.506. The van der Waals surface area contributed by atoms with Crippen LogP contribution in [0.15, 0.2) is 24.8 Å². The third kappa shape index (κ3) is 16.3. The van der Waals surface area contributed by atoms with E-state index in [0.717, 1.165) is 18.9 Å². The van der Waals surface area contributed by atoms with Crippen LogP contribution < -0.4 is 10.6 Å². The Kier molecular flexibility index (Phi) is 14.9. The number of carbonyl (C=O) groups is 2. The largest absolute Gasteiger partial charge is 0.376 e. The van der Waals surface area contributed by atoms with Crippen LogP contribution >= 0.6 is 0 Å². The van der Waals surface area contributed by atoms with Crippen LogP contribution in [0.2, 0.25) is 0 Å². The van der Waals surface area contributed by atoms with Crippen LogP contribution in [0.25, 0.3) is 0 Å². The number of hydrogen-bond donors (Lipinski definition) is 3. The molecule has 0 aliphatic heterocycles. The van der Waals surface area contributed by atoms with E-state index >= 15 is 0 Å². The van der Waals surface area contributed by atoms with Crippen molar-refractivity contribution in [1.29, 1.82) is 0 Å². The van der Waals surface area contributed by atoms with Crippen molar-refractivity contribution in [2.24, 2.45) is 0 Å². The van der Waals surface area contributed by atoms with Crippen LogP contribution in [0.1, 0.15) is 26.7 Å². The van der Waals surface area contributed by atoms with Gasteiger partial charge in [0.05, 0.1) is 0 Å². The molecule has 2 amide bonds. The second-order valence-corrected chi connectivity index (χ2v) is 3.60. The summed E-state index contributed by atoms with van der Waals surface area (Å²) >= 11 is 0. The molecule has 0 spiro atoms. The van der Waals surface area contributed by atoms with E-state index in [9.17, 15) is 9.59 Å². The quantitative estimate of drug-likeness (QED) is 0.345. The molecule has 6 heteroatoms.